The molecule has 2 rings (SSSR count). The molecule has 0 heterocycles. The summed E-state index contributed by atoms with van der Waals surface area (Å²) < 4.78 is 24.6. The van der Waals surface area contributed by atoms with Crippen molar-refractivity contribution in [1.29, 1.82) is 0 Å². The van der Waals surface area contributed by atoms with Gasteiger partial charge in [0.15, 0.2) is 0 Å². The maximum absolute atomic E-state index is 13.2. The van der Waals surface area contributed by atoms with E-state index in [-0.39, 0.29) is 18.0 Å². The largest absolute Gasteiger partial charge is 0.487 e. The van der Waals surface area contributed by atoms with E-state index in [1.165, 1.54) is 12.1 Å². The molecule has 1 N–H and O–H groups in total. The highest BCUT2D eigenvalue weighted by molar-refractivity contribution is 5.33. The second-order valence-corrected chi connectivity index (χ2v) is 5.06. The van der Waals surface area contributed by atoms with E-state index in [0.717, 1.165) is 24.9 Å². The molecule has 3 nitrogen and oxygen atoms in total. The fraction of sp³-hybridized carbons (Fsp3) is 0.600. The number of halogens is 1. The summed E-state index contributed by atoms with van der Waals surface area (Å²) in [7, 11) is 1.69. The third kappa shape index (κ3) is 3.25. The van der Waals surface area contributed by atoms with Gasteiger partial charge in [0, 0.05) is 25.6 Å². The third-order valence-corrected chi connectivity index (χ3v) is 3.61. The molecule has 0 radical (unpaired) electrons. The number of benzene rings is 1. The Morgan fingerprint density at radius 3 is 2.89 bits per heavy atom. The quantitative estimate of drug-likeness (QED) is 0.859. The summed E-state index contributed by atoms with van der Waals surface area (Å²) in [4.78, 5) is 0. The number of methoxy groups -OCH3 is 1. The molecule has 0 aromatic heterocycles. The van der Waals surface area contributed by atoms with Crippen LogP contribution >= 0.6 is 0 Å². The Labute approximate surface area is 114 Å². The van der Waals surface area contributed by atoms with Crippen LogP contribution in [0.4, 0.5) is 4.39 Å². The van der Waals surface area contributed by atoms with E-state index in [2.05, 4.69) is 12.2 Å². The Morgan fingerprint density at radius 1 is 1.42 bits per heavy atom. The number of aryl methyl sites for hydroxylation is 1. The Balaban J connectivity index is 1.95. The maximum Gasteiger partial charge on any atom is 0.128 e. The summed E-state index contributed by atoms with van der Waals surface area (Å²) in [5.74, 6) is 0.343. The zero-order valence-electron chi connectivity index (χ0n) is 11.8. The summed E-state index contributed by atoms with van der Waals surface area (Å²) in [5, 5.41) is 3.43. The predicted octanol–water partition coefficient (Wildman–Crippen LogP) is 2.67. The van der Waals surface area contributed by atoms with Crippen LogP contribution < -0.4 is 10.1 Å². The van der Waals surface area contributed by atoms with Crippen molar-refractivity contribution >= 4 is 0 Å². The van der Waals surface area contributed by atoms with Gasteiger partial charge in [-0.25, -0.2) is 4.39 Å². The van der Waals surface area contributed by atoms with Crippen molar-refractivity contribution in [3.05, 3.63) is 29.6 Å². The lowest BCUT2D eigenvalue weighted by Gasteiger charge is -2.43. The first-order valence-electron chi connectivity index (χ1n) is 6.84. The van der Waals surface area contributed by atoms with Crippen molar-refractivity contribution in [1.82, 2.24) is 5.32 Å². The number of ether oxygens (including phenoxy) is 2. The minimum absolute atomic E-state index is 0.000133. The van der Waals surface area contributed by atoms with E-state index in [1.807, 2.05) is 6.92 Å². The average Bonchev–Trinajstić information content (AvgIpc) is 2.37. The van der Waals surface area contributed by atoms with Gasteiger partial charge in [-0.3, -0.25) is 0 Å². The number of hydrogen-bond acceptors (Lipinski definition) is 3. The van der Waals surface area contributed by atoms with Gasteiger partial charge in [0.2, 0.25) is 0 Å². The van der Waals surface area contributed by atoms with E-state index in [0.29, 0.717) is 11.8 Å². The van der Waals surface area contributed by atoms with Gasteiger partial charge in [0.05, 0.1) is 0 Å². The van der Waals surface area contributed by atoms with Crippen molar-refractivity contribution in [3.63, 3.8) is 0 Å². The molecule has 0 saturated heterocycles. The molecular weight excluding hydrogens is 245 g/mol. The molecule has 1 saturated carbocycles. The number of nitrogens with one attached hydrogen (secondary N) is 1. The van der Waals surface area contributed by atoms with Crippen molar-refractivity contribution in [2.45, 2.75) is 44.9 Å². The van der Waals surface area contributed by atoms with Gasteiger partial charge in [0.1, 0.15) is 23.8 Å². The zero-order valence-corrected chi connectivity index (χ0v) is 11.8. The van der Waals surface area contributed by atoms with Gasteiger partial charge in [-0.2, -0.15) is 0 Å². The lowest BCUT2D eigenvalue weighted by atomic mass is 9.85. The summed E-state index contributed by atoms with van der Waals surface area (Å²) in [6.45, 7) is 5.04. The minimum atomic E-state index is -0.269. The van der Waals surface area contributed by atoms with E-state index in [1.54, 1.807) is 13.2 Å². The van der Waals surface area contributed by atoms with E-state index in [9.17, 15) is 4.39 Å². The maximum atomic E-state index is 13.2. The molecular formula is C15H22FNO2. The summed E-state index contributed by atoms with van der Waals surface area (Å²) in [6, 6.07) is 4.96. The standard InChI is InChI=1S/C15H22FNO2/c1-4-7-17-12-9-14(15(12)18-3)19-13-8-11(16)6-5-10(13)2/h5-6,8,12,14-15,17H,4,7,9H2,1-3H3. The van der Waals surface area contributed by atoms with Gasteiger partial charge in [-0.1, -0.05) is 13.0 Å². The zero-order chi connectivity index (χ0) is 13.8. The van der Waals surface area contributed by atoms with E-state index < -0.39 is 0 Å². The summed E-state index contributed by atoms with van der Waals surface area (Å²) in [6.07, 6.45) is 2.03. The van der Waals surface area contributed by atoms with Crippen LogP contribution in [0.1, 0.15) is 25.3 Å². The van der Waals surface area contributed by atoms with Crippen LogP contribution in [-0.4, -0.2) is 31.9 Å². The summed E-state index contributed by atoms with van der Waals surface area (Å²) in [5.41, 5.74) is 0.946. The molecule has 1 aromatic carbocycles. The van der Waals surface area contributed by atoms with Gasteiger partial charge in [-0.05, 0) is 31.5 Å². The molecule has 0 aliphatic heterocycles. The van der Waals surface area contributed by atoms with Crippen molar-refractivity contribution in [3.8, 4) is 5.75 Å². The molecule has 19 heavy (non-hydrogen) atoms. The van der Waals surface area contributed by atoms with Crippen LogP contribution in [0.25, 0.3) is 0 Å². The molecule has 1 fully saturated rings. The fourth-order valence-electron chi connectivity index (χ4n) is 2.41. The Morgan fingerprint density at radius 2 is 2.21 bits per heavy atom. The molecule has 1 aliphatic rings. The van der Waals surface area contributed by atoms with E-state index >= 15 is 0 Å². The molecule has 4 heteroatoms. The molecule has 106 valence electrons. The predicted molar refractivity (Wildman–Crippen MR) is 73.0 cm³/mol. The highest BCUT2D eigenvalue weighted by atomic mass is 19.1. The van der Waals surface area contributed by atoms with Gasteiger partial charge < -0.3 is 14.8 Å². The Hall–Kier alpha value is -1.13. The Kier molecular flexibility index (Phi) is 4.77. The molecule has 0 bridgehead atoms. The summed E-state index contributed by atoms with van der Waals surface area (Å²) >= 11 is 0. The van der Waals surface area contributed by atoms with Crippen LogP contribution in [0.15, 0.2) is 18.2 Å². The first-order chi connectivity index (χ1) is 9.15. The normalized spacial score (nSPS) is 26.0. The average molecular weight is 267 g/mol. The first kappa shape index (κ1) is 14.3. The van der Waals surface area contributed by atoms with Crippen LogP contribution in [0.3, 0.4) is 0 Å². The molecule has 0 spiro atoms. The first-order valence-corrected chi connectivity index (χ1v) is 6.84. The minimum Gasteiger partial charge on any atom is -0.487 e. The third-order valence-electron chi connectivity index (χ3n) is 3.61. The molecule has 1 aromatic rings. The van der Waals surface area contributed by atoms with Crippen molar-refractivity contribution in [2.24, 2.45) is 0 Å². The monoisotopic (exact) mass is 267 g/mol. The Bertz CT molecular complexity index is 425. The van der Waals surface area contributed by atoms with Crippen molar-refractivity contribution < 1.29 is 13.9 Å². The smallest absolute Gasteiger partial charge is 0.128 e. The van der Waals surface area contributed by atoms with Gasteiger partial charge in [-0.15, -0.1) is 0 Å². The lowest BCUT2D eigenvalue weighted by Crippen LogP contribution is -2.61. The fourth-order valence-corrected chi connectivity index (χ4v) is 2.41. The highest BCUT2D eigenvalue weighted by Crippen LogP contribution is 2.30. The van der Waals surface area contributed by atoms with Gasteiger partial charge in [0.25, 0.3) is 0 Å². The van der Waals surface area contributed by atoms with Crippen LogP contribution in [0, 0.1) is 12.7 Å². The molecule has 3 atom stereocenters. The second kappa shape index (κ2) is 6.35. The lowest BCUT2D eigenvalue weighted by molar-refractivity contribution is -0.0889. The molecule has 3 unspecified atom stereocenters. The molecule has 0 amide bonds. The van der Waals surface area contributed by atoms with E-state index in [4.69, 9.17) is 9.47 Å². The number of hydrogen-bond donors (Lipinski definition) is 1. The highest BCUT2D eigenvalue weighted by Gasteiger charge is 2.43. The number of rotatable bonds is 6. The topological polar surface area (TPSA) is 30.5 Å². The molecule has 1 aliphatic carbocycles. The van der Waals surface area contributed by atoms with Crippen molar-refractivity contribution in [2.75, 3.05) is 13.7 Å². The van der Waals surface area contributed by atoms with Crippen LogP contribution in [0.5, 0.6) is 5.75 Å². The second-order valence-electron chi connectivity index (χ2n) is 5.06. The SMILES string of the molecule is CCCNC1CC(Oc2cc(F)ccc2C)C1OC. The van der Waals surface area contributed by atoms with Crippen LogP contribution in [-0.2, 0) is 4.74 Å². The van der Waals surface area contributed by atoms with Crippen LogP contribution in [0.2, 0.25) is 0 Å². The van der Waals surface area contributed by atoms with Gasteiger partial charge >= 0.3 is 0 Å².